The van der Waals surface area contributed by atoms with Gasteiger partial charge in [0.05, 0.1) is 0 Å². The molecule has 1 aromatic heterocycles. The number of anilines is 1. The van der Waals surface area contributed by atoms with Crippen LogP contribution in [0.3, 0.4) is 0 Å². The molecule has 64 heavy (non-hydrogen) atoms. The molecule has 1 aliphatic carbocycles. The number of carbonyl (C=O) groups is 5. The first-order valence-electron chi connectivity index (χ1n) is 22.3. The van der Waals surface area contributed by atoms with E-state index in [1.165, 1.54) is 0 Å². The van der Waals surface area contributed by atoms with Crippen LogP contribution in [0, 0.1) is 25.7 Å². The van der Waals surface area contributed by atoms with Gasteiger partial charge in [0.1, 0.15) is 23.1 Å². The molecular formula is C49H64N8O7. The summed E-state index contributed by atoms with van der Waals surface area (Å²) in [6, 6.07) is 19.9. The van der Waals surface area contributed by atoms with Crippen molar-refractivity contribution in [2.45, 2.75) is 124 Å². The first kappa shape index (κ1) is 47.2. The summed E-state index contributed by atoms with van der Waals surface area (Å²) in [5.74, 6) is 0.563. The Morgan fingerprint density at radius 2 is 1.44 bits per heavy atom. The number of likely N-dealkylation sites (tertiary alicyclic amines) is 1. The number of aryl methyl sites for hydroxylation is 2. The molecule has 5 amide bonds. The number of nitrogens with one attached hydrogen (secondary N) is 5. The number of nitrogens with zero attached hydrogens (tertiary/aromatic N) is 3. The Morgan fingerprint density at radius 1 is 0.797 bits per heavy atom. The second-order valence-corrected chi connectivity index (χ2v) is 19.1. The lowest BCUT2D eigenvalue weighted by atomic mass is 9.81. The van der Waals surface area contributed by atoms with Gasteiger partial charge in [0.2, 0.25) is 11.8 Å². The van der Waals surface area contributed by atoms with Crippen LogP contribution in [0.1, 0.15) is 107 Å². The lowest BCUT2D eigenvalue weighted by molar-refractivity contribution is -0.130. The average Bonchev–Trinajstić information content (AvgIpc) is 3.68. The molecule has 0 spiro atoms. The lowest BCUT2D eigenvalue weighted by Gasteiger charge is -2.33. The molecule has 5 N–H and O–H groups in total. The van der Waals surface area contributed by atoms with Gasteiger partial charge in [0.15, 0.2) is 5.82 Å². The standard InChI is InChI=1S/C49H64N8O7/c1-30-27-37(44(59)52-39-23-25-57(26-24-39)47(62)64-49(6,7)8)19-22-40(30)34-13-9-32(10-14-34)28-41(45(60)53-38-20-17-35(18-21-38)42-51-31(2)55-56-42)54-43(58)36-15-11-33(12-16-36)29-50-46(61)63-48(3,4)5/h9-10,13-14,17-22,27,33,36,39,41H,11-12,15-16,23-26,28-29H2,1-8H3,(H,50,61)(H,52,59)(H,53,60)(H,54,58)(H,51,55,56). The SMILES string of the molecule is Cc1nc(-c2ccc(NC(=O)C(Cc3ccc(-c4ccc(C(=O)NC5CCN(C(=O)OC(C)(C)C)CC5)cc4C)cc3)NC(=O)C3CCC(CNC(=O)OC(C)(C)C)CC3)cc2)n[nH]1. The van der Waals surface area contributed by atoms with Gasteiger partial charge in [-0.1, -0.05) is 30.3 Å². The highest BCUT2D eigenvalue weighted by Crippen LogP contribution is 2.30. The molecule has 2 heterocycles. The van der Waals surface area contributed by atoms with Crippen LogP contribution < -0.4 is 21.3 Å². The summed E-state index contributed by atoms with van der Waals surface area (Å²) in [5.41, 5.74) is 4.51. The van der Waals surface area contributed by atoms with Crippen molar-refractivity contribution in [2.75, 3.05) is 25.0 Å². The second kappa shape index (κ2) is 20.5. The van der Waals surface area contributed by atoms with Crippen LogP contribution in [-0.4, -0.2) is 92.9 Å². The zero-order valence-corrected chi connectivity index (χ0v) is 38.4. The number of benzene rings is 3. The van der Waals surface area contributed by atoms with Gasteiger partial charge in [-0.05, 0) is 158 Å². The molecule has 3 aromatic carbocycles. The van der Waals surface area contributed by atoms with Crippen molar-refractivity contribution in [2.24, 2.45) is 11.8 Å². The van der Waals surface area contributed by atoms with E-state index in [-0.39, 0.29) is 48.1 Å². The molecule has 0 radical (unpaired) electrons. The molecule has 1 aliphatic heterocycles. The Labute approximate surface area is 376 Å². The maximum Gasteiger partial charge on any atom is 0.410 e. The van der Waals surface area contributed by atoms with Crippen molar-refractivity contribution in [3.8, 4) is 22.5 Å². The van der Waals surface area contributed by atoms with Gasteiger partial charge in [0, 0.05) is 54.8 Å². The van der Waals surface area contributed by atoms with Crippen molar-refractivity contribution < 1.29 is 33.4 Å². The first-order chi connectivity index (χ1) is 30.3. The molecule has 6 rings (SSSR count). The first-order valence-corrected chi connectivity index (χ1v) is 22.3. The summed E-state index contributed by atoms with van der Waals surface area (Å²) in [5, 5.41) is 19.1. The summed E-state index contributed by atoms with van der Waals surface area (Å²) >= 11 is 0. The smallest absolute Gasteiger partial charge is 0.410 e. The number of alkyl carbamates (subject to hydrolysis) is 1. The minimum atomic E-state index is -0.857. The largest absolute Gasteiger partial charge is 0.444 e. The summed E-state index contributed by atoms with van der Waals surface area (Å²) in [4.78, 5) is 71.8. The predicted octanol–water partition coefficient (Wildman–Crippen LogP) is 7.88. The van der Waals surface area contributed by atoms with Crippen LogP contribution in [0.25, 0.3) is 22.5 Å². The molecule has 2 fully saturated rings. The van der Waals surface area contributed by atoms with Crippen molar-refractivity contribution >= 4 is 35.6 Å². The topological polar surface area (TPSA) is 197 Å². The molecule has 15 heteroatoms. The number of aromatic amines is 1. The fourth-order valence-electron chi connectivity index (χ4n) is 8.06. The van der Waals surface area contributed by atoms with Crippen molar-refractivity contribution in [3.63, 3.8) is 0 Å². The van der Waals surface area contributed by atoms with E-state index in [1.807, 2.05) is 110 Å². The van der Waals surface area contributed by atoms with E-state index in [0.717, 1.165) is 40.7 Å². The number of H-pyrrole nitrogens is 1. The Morgan fingerprint density at radius 3 is 2.03 bits per heavy atom. The van der Waals surface area contributed by atoms with E-state index in [9.17, 15) is 24.0 Å². The molecule has 342 valence electrons. The Kier molecular flexibility index (Phi) is 15.1. The van der Waals surface area contributed by atoms with Crippen LogP contribution in [0.15, 0.2) is 66.7 Å². The molecule has 4 aromatic rings. The molecule has 1 saturated carbocycles. The fourth-order valence-corrected chi connectivity index (χ4v) is 8.06. The number of carbonyl (C=O) groups excluding carboxylic acids is 5. The number of rotatable bonds is 12. The number of piperidine rings is 1. The maximum atomic E-state index is 14.0. The summed E-state index contributed by atoms with van der Waals surface area (Å²) in [7, 11) is 0. The second-order valence-electron chi connectivity index (χ2n) is 19.1. The highest BCUT2D eigenvalue weighted by atomic mass is 16.6. The number of hydrogen-bond acceptors (Lipinski definition) is 9. The van der Waals surface area contributed by atoms with Gasteiger partial charge in [0.25, 0.3) is 5.91 Å². The number of ether oxygens (including phenoxy) is 2. The van der Waals surface area contributed by atoms with Gasteiger partial charge in [-0.3, -0.25) is 19.5 Å². The number of aromatic nitrogens is 3. The monoisotopic (exact) mass is 876 g/mol. The van der Waals surface area contributed by atoms with E-state index in [2.05, 4.69) is 36.4 Å². The Bertz CT molecular complexity index is 2260. The number of amides is 5. The average molecular weight is 877 g/mol. The van der Waals surface area contributed by atoms with E-state index in [4.69, 9.17) is 9.47 Å². The van der Waals surface area contributed by atoms with Crippen LogP contribution in [-0.2, 0) is 25.5 Å². The zero-order valence-electron chi connectivity index (χ0n) is 38.4. The highest BCUT2D eigenvalue weighted by molar-refractivity contribution is 5.98. The van der Waals surface area contributed by atoms with Crippen molar-refractivity contribution in [1.82, 2.24) is 36.0 Å². The molecule has 2 aliphatic rings. The van der Waals surface area contributed by atoms with Gasteiger partial charge in [-0.2, -0.15) is 5.10 Å². The maximum absolute atomic E-state index is 14.0. The van der Waals surface area contributed by atoms with Crippen LogP contribution in [0.2, 0.25) is 0 Å². The van der Waals surface area contributed by atoms with E-state index < -0.39 is 23.3 Å². The molecular weight excluding hydrogens is 813 g/mol. The van der Waals surface area contributed by atoms with Crippen LogP contribution >= 0.6 is 0 Å². The predicted molar refractivity (Wildman–Crippen MR) is 245 cm³/mol. The fraction of sp³-hybridized carbons (Fsp3) is 0.490. The van der Waals surface area contributed by atoms with Crippen LogP contribution in [0.5, 0.6) is 0 Å². The summed E-state index contributed by atoms with van der Waals surface area (Å²) in [6.45, 7) is 16.3. The Balaban J connectivity index is 1.08. The van der Waals surface area contributed by atoms with Gasteiger partial charge >= 0.3 is 12.2 Å². The van der Waals surface area contributed by atoms with Crippen molar-refractivity contribution in [1.29, 1.82) is 0 Å². The van der Waals surface area contributed by atoms with E-state index in [1.54, 1.807) is 17.0 Å². The van der Waals surface area contributed by atoms with Crippen molar-refractivity contribution in [3.05, 3.63) is 89.2 Å². The minimum absolute atomic E-state index is 0.0425. The minimum Gasteiger partial charge on any atom is -0.444 e. The quantitative estimate of drug-likeness (QED) is 0.0941. The summed E-state index contributed by atoms with van der Waals surface area (Å²) in [6.07, 6.45) is 3.61. The third-order valence-corrected chi connectivity index (χ3v) is 11.5. The lowest BCUT2D eigenvalue weighted by Crippen LogP contribution is -2.48. The van der Waals surface area contributed by atoms with Gasteiger partial charge < -0.3 is 35.6 Å². The molecule has 1 atom stereocenters. The van der Waals surface area contributed by atoms with E-state index in [0.29, 0.717) is 68.2 Å². The third-order valence-electron chi connectivity index (χ3n) is 11.5. The molecule has 15 nitrogen and oxygen atoms in total. The molecule has 1 unspecified atom stereocenters. The number of hydrogen-bond donors (Lipinski definition) is 5. The van der Waals surface area contributed by atoms with Crippen LogP contribution in [0.4, 0.5) is 15.3 Å². The summed E-state index contributed by atoms with van der Waals surface area (Å²) < 4.78 is 10.9. The highest BCUT2D eigenvalue weighted by Gasteiger charge is 2.31. The molecule has 0 bridgehead atoms. The normalized spacial score (nSPS) is 17.5. The van der Waals surface area contributed by atoms with Gasteiger partial charge in [-0.25, -0.2) is 14.6 Å². The Hall–Kier alpha value is -6.25. The zero-order chi connectivity index (χ0) is 46.2. The molecule has 1 saturated heterocycles. The van der Waals surface area contributed by atoms with E-state index >= 15 is 0 Å². The third kappa shape index (κ3) is 13.6. The van der Waals surface area contributed by atoms with Gasteiger partial charge in [-0.15, -0.1) is 0 Å².